The Morgan fingerprint density at radius 2 is 1.89 bits per heavy atom. The molecule has 1 amide bonds. The summed E-state index contributed by atoms with van der Waals surface area (Å²) in [4.78, 5) is 30.8. The Labute approximate surface area is 207 Å². The molecule has 0 unspecified atom stereocenters. The normalized spacial score (nSPS) is 11.0. The zero-order chi connectivity index (χ0) is 24.9. The molecule has 1 N–H and O–H groups in total. The van der Waals surface area contributed by atoms with Crippen LogP contribution in [0.25, 0.3) is 5.65 Å². The van der Waals surface area contributed by atoms with E-state index in [1.165, 1.54) is 21.7 Å². The molecule has 0 fully saturated rings. The first-order chi connectivity index (χ1) is 16.9. The number of nitrogens with one attached hydrogen (secondary N) is 1. The number of amides is 1. The summed E-state index contributed by atoms with van der Waals surface area (Å²) in [7, 11) is 3.16. The van der Waals surface area contributed by atoms with E-state index >= 15 is 0 Å². The molecule has 10 heteroatoms. The number of hydrogen-bond donors (Lipinski definition) is 1. The minimum Gasteiger partial charge on any atom is -0.493 e. The summed E-state index contributed by atoms with van der Waals surface area (Å²) in [6.07, 6.45) is 3.73. The summed E-state index contributed by atoms with van der Waals surface area (Å²) < 4.78 is 13.1. The number of carbonyl (C=O) groups is 1. The van der Waals surface area contributed by atoms with E-state index in [-0.39, 0.29) is 18.1 Å². The first-order valence-corrected chi connectivity index (χ1v) is 11.9. The van der Waals surface area contributed by atoms with Gasteiger partial charge in [-0.15, -0.1) is 5.10 Å². The van der Waals surface area contributed by atoms with Gasteiger partial charge >= 0.3 is 5.69 Å². The lowest BCUT2D eigenvalue weighted by molar-refractivity contribution is -0.121. The number of aryl methyl sites for hydroxylation is 2. The summed E-state index contributed by atoms with van der Waals surface area (Å²) >= 11 is 1.44. The van der Waals surface area contributed by atoms with Gasteiger partial charge in [0.1, 0.15) is 11.6 Å². The van der Waals surface area contributed by atoms with Crippen molar-refractivity contribution in [2.75, 3.05) is 20.8 Å². The molecule has 2 heterocycles. The van der Waals surface area contributed by atoms with E-state index in [1.807, 2.05) is 44.2 Å². The lowest BCUT2D eigenvalue weighted by Gasteiger charge is -2.10. The number of benzene rings is 2. The first kappa shape index (κ1) is 24.3. The Balaban J connectivity index is 1.44. The van der Waals surface area contributed by atoms with Crippen LogP contribution < -0.4 is 20.5 Å². The molecule has 2 aromatic carbocycles. The maximum Gasteiger partial charge on any atom is 0.350 e. The molecule has 35 heavy (non-hydrogen) atoms. The summed E-state index contributed by atoms with van der Waals surface area (Å²) in [6, 6.07) is 11.8. The number of ether oxygens (including phenoxy) is 2. The summed E-state index contributed by atoms with van der Waals surface area (Å²) in [5.74, 6) is 0.985. The Kier molecular flexibility index (Phi) is 7.40. The van der Waals surface area contributed by atoms with Crippen molar-refractivity contribution in [2.24, 2.45) is 0 Å². The number of nitrogens with zero attached hydrogens (tertiary/aromatic N) is 4. The molecular weight excluding hydrogens is 466 g/mol. The van der Waals surface area contributed by atoms with Gasteiger partial charge in [0.2, 0.25) is 5.91 Å². The minimum absolute atomic E-state index is 0.180. The van der Waals surface area contributed by atoms with E-state index in [0.29, 0.717) is 35.1 Å². The van der Waals surface area contributed by atoms with Gasteiger partial charge in [-0.05, 0) is 49.6 Å². The van der Waals surface area contributed by atoms with Gasteiger partial charge < -0.3 is 14.8 Å². The third kappa shape index (κ3) is 5.48. The number of methoxy groups -OCH3 is 2. The zero-order valence-corrected chi connectivity index (χ0v) is 20.9. The van der Waals surface area contributed by atoms with Crippen molar-refractivity contribution >= 4 is 23.3 Å². The highest BCUT2D eigenvalue weighted by Crippen LogP contribution is 2.31. The van der Waals surface area contributed by atoms with E-state index in [9.17, 15) is 9.59 Å². The molecule has 0 saturated carbocycles. The second-order valence-electron chi connectivity index (χ2n) is 8.03. The molecule has 4 aromatic rings. The zero-order valence-electron chi connectivity index (χ0n) is 20.1. The van der Waals surface area contributed by atoms with Crippen LogP contribution in [0.4, 0.5) is 0 Å². The van der Waals surface area contributed by atoms with Crippen molar-refractivity contribution in [1.82, 2.24) is 24.5 Å². The molecular formula is C25H27N5O4S. The largest absolute Gasteiger partial charge is 0.493 e. The Morgan fingerprint density at radius 3 is 2.63 bits per heavy atom. The van der Waals surface area contributed by atoms with Gasteiger partial charge in [-0.3, -0.25) is 4.79 Å². The van der Waals surface area contributed by atoms with Crippen LogP contribution in [-0.4, -0.2) is 45.8 Å². The fraction of sp³-hybridized carbons (Fsp3) is 0.280. The highest BCUT2D eigenvalue weighted by Gasteiger charge is 2.16. The second kappa shape index (κ2) is 10.6. The lowest BCUT2D eigenvalue weighted by atomic mass is 10.1. The standard InChI is InChI=1S/C25H27N5O4S/c1-16-5-8-21(17(2)13-16)35-24-23-28-30(25(32)29(23)12-11-27-24)15-22(31)26-10-9-18-6-7-19(33-3)20(14-18)34-4/h5-8,11-14H,9-10,15H2,1-4H3,(H,26,31). The van der Waals surface area contributed by atoms with Gasteiger partial charge in [0.05, 0.1) is 14.2 Å². The van der Waals surface area contributed by atoms with Crippen molar-refractivity contribution in [3.63, 3.8) is 0 Å². The molecule has 0 radical (unpaired) electrons. The molecule has 4 rings (SSSR count). The Hall–Kier alpha value is -3.79. The molecule has 2 aromatic heterocycles. The number of carbonyl (C=O) groups excluding carboxylic acids is 1. The van der Waals surface area contributed by atoms with E-state index in [4.69, 9.17) is 9.47 Å². The maximum absolute atomic E-state index is 12.8. The number of rotatable bonds is 9. The minimum atomic E-state index is -0.389. The Morgan fingerprint density at radius 1 is 1.09 bits per heavy atom. The van der Waals surface area contributed by atoms with E-state index in [2.05, 4.69) is 21.5 Å². The molecule has 0 spiro atoms. The van der Waals surface area contributed by atoms with E-state index in [1.54, 1.807) is 26.6 Å². The Bertz CT molecular complexity index is 1430. The van der Waals surface area contributed by atoms with Crippen LogP contribution in [-0.2, 0) is 17.8 Å². The summed E-state index contributed by atoms with van der Waals surface area (Å²) in [5, 5.41) is 7.84. The summed E-state index contributed by atoms with van der Waals surface area (Å²) in [6.45, 7) is 4.30. The SMILES string of the molecule is COc1ccc(CCNC(=O)Cn2nc3c(Sc4ccc(C)cc4C)nccn3c2=O)cc1OC. The van der Waals surface area contributed by atoms with Gasteiger partial charge in [0.15, 0.2) is 17.1 Å². The maximum atomic E-state index is 12.8. The number of hydrogen-bond acceptors (Lipinski definition) is 7. The van der Waals surface area contributed by atoms with Crippen LogP contribution in [0.15, 0.2) is 63.5 Å². The predicted octanol–water partition coefficient (Wildman–Crippen LogP) is 3.04. The molecule has 0 aliphatic carbocycles. The fourth-order valence-electron chi connectivity index (χ4n) is 3.69. The third-order valence-electron chi connectivity index (χ3n) is 5.48. The van der Waals surface area contributed by atoms with E-state index < -0.39 is 0 Å². The first-order valence-electron chi connectivity index (χ1n) is 11.1. The highest BCUT2D eigenvalue weighted by atomic mass is 32.2. The molecule has 182 valence electrons. The van der Waals surface area contributed by atoms with Gasteiger partial charge in [-0.1, -0.05) is 35.5 Å². The van der Waals surface area contributed by atoms with Crippen LogP contribution in [0.3, 0.4) is 0 Å². The number of fused-ring (bicyclic) bond motifs is 1. The van der Waals surface area contributed by atoms with Crippen molar-refractivity contribution < 1.29 is 14.3 Å². The topological polar surface area (TPSA) is 99.7 Å². The quantitative estimate of drug-likeness (QED) is 0.383. The van der Waals surface area contributed by atoms with Gasteiger partial charge in [0, 0.05) is 23.8 Å². The average Bonchev–Trinajstić information content (AvgIpc) is 3.16. The molecule has 0 atom stereocenters. The molecule has 9 nitrogen and oxygen atoms in total. The fourth-order valence-corrected chi connectivity index (χ4v) is 4.60. The molecule has 0 saturated heterocycles. The van der Waals surface area contributed by atoms with Crippen LogP contribution in [0.5, 0.6) is 11.5 Å². The summed E-state index contributed by atoms with van der Waals surface area (Å²) in [5.41, 5.74) is 3.32. The van der Waals surface area contributed by atoms with Crippen LogP contribution in [0.1, 0.15) is 16.7 Å². The number of aromatic nitrogens is 4. The average molecular weight is 494 g/mol. The van der Waals surface area contributed by atoms with Crippen molar-refractivity contribution in [1.29, 1.82) is 0 Å². The van der Waals surface area contributed by atoms with Gasteiger partial charge in [0.25, 0.3) is 0 Å². The van der Waals surface area contributed by atoms with Crippen LogP contribution >= 0.6 is 11.8 Å². The van der Waals surface area contributed by atoms with Gasteiger partial charge in [-0.25, -0.2) is 18.9 Å². The van der Waals surface area contributed by atoms with Gasteiger partial charge in [-0.2, -0.15) is 0 Å². The molecule has 0 aliphatic heterocycles. The lowest BCUT2D eigenvalue weighted by Crippen LogP contribution is -2.33. The highest BCUT2D eigenvalue weighted by molar-refractivity contribution is 7.99. The van der Waals surface area contributed by atoms with E-state index in [0.717, 1.165) is 20.7 Å². The van der Waals surface area contributed by atoms with Crippen LogP contribution in [0.2, 0.25) is 0 Å². The van der Waals surface area contributed by atoms with Crippen LogP contribution in [0, 0.1) is 13.8 Å². The monoisotopic (exact) mass is 493 g/mol. The second-order valence-corrected chi connectivity index (χ2v) is 9.06. The van der Waals surface area contributed by atoms with Crippen molar-refractivity contribution in [3.05, 3.63) is 76.0 Å². The van der Waals surface area contributed by atoms with Crippen molar-refractivity contribution in [3.8, 4) is 11.5 Å². The smallest absolute Gasteiger partial charge is 0.350 e. The van der Waals surface area contributed by atoms with Crippen molar-refractivity contribution in [2.45, 2.75) is 36.7 Å². The third-order valence-corrected chi connectivity index (χ3v) is 6.64. The predicted molar refractivity (Wildman–Crippen MR) is 134 cm³/mol. The molecule has 0 bridgehead atoms. The molecule has 0 aliphatic rings.